The van der Waals surface area contributed by atoms with Gasteiger partial charge >= 0.3 is 6.09 Å². The number of hydrogen-bond donors (Lipinski definition) is 2. The number of aromatic nitrogens is 1. The number of aliphatic hydroxyl groups excluding tert-OH is 1. The molecule has 1 atom stereocenters. The molecule has 6 nitrogen and oxygen atoms in total. The molecule has 1 amide bonds. The lowest BCUT2D eigenvalue weighted by molar-refractivity contribution is 0.0588. The average Bonchev–Trinajstić information content (AvgIpc) is 2.40. The quantitative estimate of drug-likeness (QED) is 0.890. The number of nitrogens with zero attached hydrogens (tertiary/aromatic N) is 2. The predicted molar refractivity (Wildman–Crippen MR) is 91.6 cm³/mol. The molecule has 130 valence electrons. The highest BCUT2D eigenvalue weighted by atomic mass is 16.6. The highest BCUT2D eigenvalue weighted by molar-refractivity contribution is 5.85. The van der Waals surface area contributed by atoms with E-state index in [1.54, 1.807) is 32.9 Å². The minimum absolute atomic E-state index is 0.105. The van der Waals surface area contributed by atoms with Gasteiger partial charge in [-0.25, -0.2) is 9.78 Å². The lowest BCUT2D eigenvalue weighted by Crippen LogP contribution is -2.38. The molecular formula is C17H29N3O3. The average molecular weight is 326 g/mol. The number of nitrogens with one attached hydrogen (secondary N) is 1. The molecule has 0 radical (unpaired) electrons. The van der Waals surface area contributed by atoms with E-state index in [1.165, 1.54) is 6.07 Å². The first-order valence-corrected chi connectivity index (χ1v) is 7.53. The zero-order valence-corrected chi connectivity index (χ0v) is 14.7. The molecule has 1 rings (SSSR count). The van der Waals surface area contributed by atoms with Crippen molar-refractivity contribution in [3.8, 4) is 0 Å². The van der Waals surface area contributed by atoms with Gasteiger partial charge in [0.05, 0.1) is 5.69 Å². The van der Waals surface area contributed by atoms with Gasteiger partial charge in [0, 0.05) is 23.2 Å². The maximum atomic E-state index is 12.4. The molecule has 0 saturated carbocycles. The lowest BCUT2D eigenvalue weighted by Gasteiger charge is -2.25. The van der Waals surface area contributed by atoms with Crippen LogP contribution in [-0.4, -0.2) is 40.8 Å². The van der Waals surface area contributed by atoms with Crippen molar-refractivity contribution in [2.45, 2.75) is 58.8 Å². The first-order chi connectivity index (χ1) is 11.6. The number of amides is 1. The van der Waals surface area contributed by atoms with Crippen LogP contribution < -0.4 is 10.2 Å². The first kappa shape index (κ1) is 14.9. The van der Waals surface area contributed by atoms with Crippen LogP contribution in [0.3, 0.4) is 0 Å². The number of β-amino-alcohol motifs (C(OH)–C–C–N with tert-alkyl or cyclic N) is 1. The van der Waals surface area contributed by atoms with Crippen LogP contribution in [0.25, 0.3) is 0 Å². The molecule has 0 unspecified atom stereocenters. The molecule has 1 heterocycles. The fourth-order valence-corrected chi connectivity index (χ4v) is 1.66. The van der Waals surface area contributed by atoms with Crippen LogP contribution in [0.5, 0.6) is 0 Å². The second-order valence-electron chi connectivity index (χ2n) is 7.38. The predicted octanol–water partition coefficient (Wildman–Crippen LogP) is 2.87. The van der Waals surface area contributed by atoms with Crippen LogP contribution in [-0.2, 0) is 4.74 Å². The number of aliphatic hydroxyl groups is 1. The Morgan fingerprint density at radius 2 is 2.04 bits per heavy atom. The van der Waals surface area contributed by atoms with Crippen LogP contribution >= 0.6 is 0 Å². The fourth-order valence-electron chi connectivity index (χ4n) is 1.66. The Balaban J connectivity index is 3.11. The van der Waals surface area contributed by atoms with E-state index in [2.05, 4.69) is 10.3 Å². The van der Waals surface area contributed by atoms with Gasteiger partial charge in [0.1, 0.15) is 17.5 Å². The van der Waals surface area contributed by atoms with Crippen molar-refractivity contribution in [3.05, 3.63) is 23.9 Å². The number of ether oxygens (including phenoxy) is 1. The van der Waals surface area contributed by atoms with Crippen LogP contribution in [0, 0.1) is 0 Å². The van der Waals surface area contributed by atoms with E-state index >= 15 is 0 Å². The maximum Gasteiger partial charge on any atom is 0.415 e. The summed E-state index contributed by atoms with van der Waals surface area (Å²) in [7, 11) is 0. The van der Waals surface area contributed by atoms with Crippen molar-refractivity contribution in [2.75, 3.05) is 18.4 Å². The number of carbonyl (C=O) groups is 1. The van der Waals surface area contributed by atoms with E-state index in [4.69, 9.17) is 8.85 Å². The van der Waals surface area contributed by atoms with Crippen molar-refractivity contribution >= 4 is 11.9 Å². The Hall–Kier alpha value is -1.66. The van der Waals surface area contributed by atoms with Gasteiger partial charge in [0.25, 0.3) is 0 Å². The van der Waals surface area contributed by atoms with Crippen LogP contribution in [0.2, 0.25) is 0 Å². The molecule has 0 saturated heterocycles. The van der Waals surface area contributed by atoms with Gasteiger partial charge in [0.15, 0.2) is 0 Å². The number of rotatable bonds is 4. The lowest BCUT2D eigenvalue weighted by atomic mass is 10.1. The van der Waals surface area contributed by atoms with Crippen molar-refractivity contribution in [3.63, 3.8) is 0 Å². The summed E-state index contributed by atoms with van der Waals surface area (Å²) in [5.74, 6) is -0.105. The minimum atomic E-state index is -2.78. The second kappa shape index (κ2) is 7.27. The number of pyridine rings is 1. The SMILES string of the molecule is [2H]C([2H])([2H])N(C(=O)OC(C)(C)C)c1cccc([C@@H](O)CNC(C)(C)C)n1. The third kappa shape index (κ3) is 6.97. The number of carbonyl (C=O) groups excluding carboxylic acids is 1. The van der Waals surface area contributed by atoms with Gasteiger partial charge in [0.2, 0.25) is 0 Å². The normalized spacial score (nSPS) is 16.0. The molecule has 0 fully saturated rings. The van der Waals surface area contributed by atoms with Gasteiger partial charge in [-0.15, -0.1) is 0 Å². The summed E-state index contributed by atoms with van der Waals surface area (Å²) >= 11 is 0. The summed E-state index contributed by atoms with van der Waals surface area (Å²) in [6, 6.07) is 4.51. The largest absolute Gasteiger partial charge is 0.443 e. The molecule has 0 aliphatic heterocycles. The van der Waals surface area contributed by atoms with Crippen LogP contribution in [0.1, 0.15) is 57.5 Å². The Labute approximate surface area is 143 Å². The topological polar surface area (TPSA) is 74.7 Å². The molecular weight excluding hydrogens is 294 g/mol. The van der Waals surface area contributed by atoms with Crippen molar-refractivity contribution < 1.29 is 18.8 Å². The maximum absolute atomic E-state index is 12.4. The number of anilines is 1. The zero-order valence-electron chi connectivity index (χ0n) is 17.7. The number of hydrogen-bond acceptors (Lipinski definition) is 5. The van der Waals surface area contributed by atoms with Gasteiger partial charge in [-0.1, -0.05) is 6.07 Å². The van der Waals surface area contributed by atoms with Gasteiger partial charge in [-0.05, 0) is 53.7 Å². The Kier molecular flexibility index (Phi) is 4.71. The second-order valence-corrected chi connectivity index (χ2v) is 7.38. The Bertz CT molecular complexity index is 622. The van der Waals surface area contributed by atoms with Crippen LogP contribution in [0.15, 0.2) is 18.2 Å². The van der Waals surface area contributed by atoms with Crippen molar-refractivity contribution in [1.29, 1.82) is 0 Å². The summed E-state index contributed by atoms with van der Waals surface area (Å²) in [5, 5.41) is 13.5. The van der Waals surface area contributed by atoms with Crippen molar-refractivity contribution in [2.24, 2.45) is 0 Å². The summed E-state index contributed by atoms with van der Waals surface area (Å²) in [6.07, 6.45) is -1.98. The van der Waals surface area contributed by atoms with E-state index in [9.17, 15) is 9.90 Å². The smallest absolute Gasteiger partial charge is 0.415 e. The molecule has 6 heteroatoms. The highest BCUT2D eigenvalue weighted by Crippen LogP contribution is 2.18. The van der Waals surface area contributed by atoms with E-state index in [0.29, 0.717) is 4.90 Å². The molecule has 23 heavy (non-hydrogen) atoms. The molecule has 0 spiro atoms. The molecule has 1 aromatic rings. The molecule has 1 aromatic heterocycles. The molecule has 0 aliphatic carbocycles. The molecule has 0 aromatic carbocycles. The zero-order chi connectivity index (χ0) is 20.3. The van der Waals surface area contributed by atoms with E-state index in [0.717, 1.165) is 0 Å². The van der Waals surface area contributed by atoms with Gasteiger partial charge in [-0.2, -0.15) is 0 Å². The molecule has 0 aliphatic rings. The van der Waals surface area contributed by atoms with Crippen molar-refractivity contribution in [1.82, 2.24) is 10.3 Å². The van der Waals surface area contributed by atoms with Crippen LogP contribution in [0.4, 0.5) is 10.6 Å². The van der Waals surface area contributed by atoms with E-state index < -0.39 is 24.8 Å². The Morgan fingerprint density at radius 1 is 1.39 bits per heavy atom. The van der Waals surface area contributed by atoms with Gasteiger partial charge in [-0.3, -0.25) is 4.90 Å². The first-order valence-electron chi connectivity index (χ1n) is 9.03. The standard InChI is InChI=1S/C17H29N3O3/c1-16(2,3)18-11-13(21)12-9-8-10-14(19-12)20(7)15(22)23-17(4,5)6/h8-10,13,18,21H,11H2,1-7H3/t13-/m0/s1/i7D3. The third-order valence-corrected chi connectivity index (χ3v) is 2.73. The third-order valence-electron chi connectivity index (χ3n) is 2.73. The fraction of sp³-hybridized carbons (Fsp3) is 0.647. The monoisotopic (exact) mass is 326 g/mol. The Morgan fingerprint density at radius 3 is 2.57 bits per heavy atom. The molecule has 0 bridgehead atoms. The minimum Gasteiger partial charge on any atom is -0.443 e. The van der Waals surface area contributed by atoms with E-state index in [1.807, 2.05) is 20.8 Å². The summed E-state index contributed by atoms with van der Waals surface area (Å²) in [4.78, 5) is 17.1. The van der Waals surface area contributed by atoms with Gasteiger partial charge < -0.3 is 15.2 Å². The summed E-state index contributed by atoms with van der Waals surface area (Å²) in [5.41, 5.74) is -0.786. The molecule has 2 N–H and O–H groups in total. The summed E-state index contributed by atoms with van der Waals surface area (Å²) < 4.78 is 28.1. The van der Waals surface area contributed by atoms with E-state index in [-0.39, 0.29) is 23.6 Å². The highest BCUT2D eigenvalue weighted by Gasteiger charge is 2.22. The summed E-state index contributed by atoms with van der Waals surface area (Å²) in [6.45, 7) is 8.28.